The molecule has 3 rings (SSSR count). The molecular formula is C11H18N2O2. The van der Waals surface area contributed by atoms with Gasteiger partial charge in [0.05, 0.1) is 18.3 Å². The van der Waals surface area contributed by atoms with Gasteiger partial charge in [0, 0.05) is 13.2 Å². The number of nitrogens with one attached hydrogen (secondary N) is 1. The summed E-state index contributed by atoms with van der Waals surface area (Å²) >= 11 is 0. The Labute approximate surface area is 90.0 Å². The van der Waals surface area contributed by atoms with Gasteiger partial charge in [0.1, 0.15) is 0 Å². The molecule has 1 amide bonds. The number of hydrogen-bond donors (Lipinski definition) is 1. The van der Waals surface area contributed by atoms with Crippen LogP contribution in [0.1, 0.15) is 32.1 Å². The summed E-state index contributed by atoms with van der Waals surface area (Å²) in [5.41, 5.74) is -0.144. The molecule has 1 aliphatic carbocycles. The fraction of sp³-hybridized carbons (Fsp3) is 0.909. The van der Waals surface area contributed by atoms with Gasteiger partial charge in [-0.1, -0.05) is 0 Å². The maximum atomic E-state index is 12.0. The fourth-order valence-corrected chi connectivity index (χ4v) is 2.56. The van der Waals surface area contributed by atoms with E-state index in [2.05, 4.69) is 5.32 Å². The molecule has 1 unspecified atom stereocenters. The number of amides is 1. The quantitative estimate of drug-likeness (QED) is 0.720. The van der Waals surface area contributed by atoms with Crippen LogP contribution < -0.4 is 5.32 Å². The van der Waals surface area contributed by atoms with E-state index < -0.39 is 0 Å². The van der Waals surface area contributed by atoms with Crippen LogP contribution in [0.4, 0.5) is 0 Å². The van der Waals surface area contributed by atoms with Gasteiger partial charge in [-0.25, -0.2) is 0 Å². The van der Waals surface area contributed by atoms with Crippen molar-refractivity contribution in [2.24, 2.45) is 0 Å². The van der Waals surface area contributed by atoms with Gasteiger partial charge in [-0.05, 0) is 32.1 Å². The molecule has 3 fully saturated rings. The van der Waals surface area contributed by atoms with Gasteiger partial charge in [-0.2, -0.15) is 0 Å². The van der Waals surface area contributed by atoms with Gasteiger partial charge in [-0.15, -0.1) is 0 Å². The largest absolute Gasteiger partial charge is 0.376 e. The predicted molar refractivity (Wildman–Crippen MR) is 55.3 cm³/mol. The van der Waals surface area contributed by atoms with E-state index >= 15 is 0 Å². The minimum Gasteiger partial charge on any atom is -0.376 e. The Morgan fingerprint density at radius 1 is 1.47 bits per heavy atom. The highest BCUT2D eigenvalue weighted by atomic mass is 16.5. The predicted octanol–water partition coefficient (Wildman–Crippen LogP) is 0.477. The molecule has 1 N–H and O–H groups in total. The average molecular weight is 210 g/mol. The highest BCUT2D eigenvalue weighted by Gasteiger charge is 2.55. The van der Waals surface area contributed by atoms with Crippen molar-refractivity contribution < 1.29 is 9.53 Å². The summed E-state index contributed by atoms with van der Waals surface area (Å²) in [5, 5.41) is 3.32. The van der Waals surface area contributed by atoms with Gasteiger partial charge in [-0.3, -0.25) is 10.1 Å². The summed E-state index contributed by atoms with van der Waals surface area (Å²) < 4.78 is 5.66. The van der Waals surface area contributed by atoms with Crippen LogP contribution >= 0.6 is 0 Å². The third-order valence-electron chi connectivity index (χ3n) is 3.75. The Balaban J connectivity index is 1.57. The lowest BCUT2D eigenvalue weighted by molar-refractivity contribution is -0.131. The van der Waals surface area contributed by atoms with Gasteiger partial charge >= 0.3 is 0 Å². The summed E-state index contributed by atoms with van der Waals surface area (Å²) in [4.78, 5) is 13.9. The molecule has 4 heteroatoms. The second-order valence-electron chi connectivity index (χ2n) is 4.93. The molecule has 1 atom stereocenters. The Hall–Kier alpha value is -0.610. The van der Waals surface area contributed by atoms with Crippen molar-refractivity contribution in [2.45, 2.75) is 43.7 Å². The summed E-state index contributed by atoms with van der Waals surface area (Å²) in [7, 11) is 0. The normalized spacial score (nSPS) is 33.7. The molecule has 4 nitrogen and oxygen atoms in total. The molecule has 84 valence electrons. The first-order chi connectivity index (χ1) is 7.30. The Bertz CT molecular complexity index is 270. The number of ether oxygens (including phenoxy) is 1. The molecule has 1 saturated carbocycles. The first-order valence-corrected chi connectivity index (χ1v) is 5.96. The SMILES string of the molecule is O=C1N(CC2CCCCO2)CNC12CC2. The van der Waals surface area contributed by atoms with E-state index in [0.29, 0.717) is 5.91 Å². The van der Waals surface area contributed by atoms with E-state index in [1.807, 2.05) is 4.90 Å². The zero-order valence-corrected chi connectivity index (χ0v) is 9.00. The summed E-state index contributed by atoms with van der Waals surface area (Å²) in [5.74, 6) is 0.302. The van der Waals surface area contributed by atoms with Crippen molar-refractivity contribution in [3.63, 3.8) is 0 Å². The lowest BCUT2D eigenvalue weighted by atomic mass is 10.1. The van der Waals surface area contributed by atoms with E-state index in [1.54, 1.807) is 0 Å². The van der Waals surface area contributed by atoms with Crippen molar-refractivity contribution in [1.29, 1.82) is 0 Å². The van der Waals surface area contributed by atoms with E-state index in [1.165, 1.54) is 12.8 Å². The van der Waals surface area contributed by atoms with E-state index in [0.717, 1.165) is 39.1 Å². The van der Waals surface area contributed by atoms with Crippen LogP contribution in [0.15, 0.2) is 0 Å². The van der Waals surface area contributed by atoms with Crippen molar-refractivity contribution in [3.05, 3.63) is 0 Å². The minimum atomic E-state index is -0.144. The van der Waals surface area contributed by atoms with Crippen LogP contribution in [0.25, 0.3) is 0 Å². The summed E-state index contributed by atoms with van der Waals surface area (Å²) in [6.07, 6.45) is 5.84. The topological polar surface area (TPSA) is 41.6 Å². The van der Waals surface area contributed by atoms with Crippen LogP contribution in [0.5, 0.6) is 0 Å². The third kappa shape index (κ3) is 1.66. The molecule has 0 bridgehead atoms. The lowest BCUT2D eigenvalue weighted by Gasteiger charge is -2.26. The van der Waals surface area contributed by atoms with Crippen LogP contribution in [-0.2, 0) is 9.53 Å². The highest BCUT2D eigenvalue weighted by Crippen LogP contribution is 2.40. The van der Waals surface area contributed by atoms with Crippen LogP contribution in [0.2, 0.25) is 0 Å². The molecule has 3 aliphatic rings. The number of rotatable bonds is 2. The zero-order chi connectivity index (χ0) is 10.3. The highest BCUT2D eigenvalue weighted by molar-refractivity contribution is 5.91. The Morgan fingerprint density at radius 2 is 2.33 bits per heavy atom. The molecule has 0 aromatic carbocycles. The maximum Gasteiger partial charge on any atom is 0.244 e. The molecule has 2 aliphatic heterocycles. The average Bonchev–Trinajstić information content (AvgIpc) is 3.00. The molecule has 0 radical (unpaired) electrons. The molecule has 1 spiro atoms. The second kappa shape index (κ2) is 3.46. The summed E-state index contributed by atoms with van der Waals surface area (Å²) in [6.45, 7) is 2.37. The van der Waals surface area contributed by atoms with Crippen molar-refractivity contribution in [1.82, 2.24) is 10.2 Å². The van der Waals surface area contributed by atoms with Gasteiger partial charge < -0.3 is 9.64 Å². The van der Waals surface area contributed by atoms with Crippen LogP contribution in [0.3, 0.4) is 0 Å². The van der Waals surface area contributed by atoms with Crippen LogP contribution in [0, 0.1) is 0 Å². The van der Waals surface area contributed by atoms with Crippen molar-refractivity contribution >= 4 is 5.91 Å². The molecule has 0 aromatic heterocycles. The maximum absolute atomic E-state index is 12.0. The molecular weight excluding hydrogens is 192 g/mol. The number of carbonyl (C=O) groups excluding carboxylic acids is 1. The van der Waals surface area contributed by atoms with E-state index in [-0.39, 0.29) is 11.6 Å². The number of carbonyl (C=O) groups is 1. The van der Waals surface area contributed by atoms with Gasteiger partial charge in [0.25, 0.3) is 0 Å². The molecule has 2 saturated heterocycles. The van der Waals surface area contributed by atoms with Crippen LogP contribution in [-0.4, -0.2) is 42.3 Å². The Morgan fingerprint density at radius 3 is 2.93 bits per heavy atom. The summed E-state index contributed by atoms with van der Waals surface area (Å²) in [6, 6.07) is 0. The molecule has 2 heterocycles. The minimum absolute atomic E-state index is 0.144. The Kier molecular flexibility index (Phi) is 2.21. The fourth-order valence-electron chi connectivity index (χ4n) is 2.56. The van der Waals surface area contributed by atoms with E-state index in [9.17, 15) is 4.79 Å². The second-order valence-corrected chi connectivity index (χ2v) is 4.93. The van der Waals surface area contributed by atoms with Crippen molar-refractivity contribution in [3.8, 4) is 0 Å². The molecule has 0 aromatic rings. The van der Waals surface area contributed by atoms with Gasteiger partial charge in [0.2, 0.25) is 5.91 Å². The first kappa shape index (κ1) is 9.60. The standard InChI is InChI=1S/C11H18N2O2/c14-10-11(4-5-11)12-8-13(10)7-9-3-1-2-6-15-9/h9,12H,1-8H2. The number of hydrogen-bond acceptors (Lipinski definition) is 3. The van der Waals surface area contributed by atoms with E-state index in [4.69, 9.17) is 4.74 Å². The third-order valence-corrected chi connectivity index (χ3v) is 3.75. The number of nitrogens with zero attached hydrogens (tertiary/aromatic N) is 1. The zero-order valence-electron chi connectivity index (χ0n) is 9.00. The van der Waals surface area contributed by atoms with Crippen molar-refractivity contribution in [2.75, 3.05) is 19.8 Å². The monoisotopic (exact) mass is 210 g/mol. The first-order valence-electron chi connectivity index (χ1n) is 5.96. The van der Waals surface area contributed by atoms with Gasteiger partial charge in [0.15, 0.2) is 0 Å². The lowest BCUT2D eigenvalue weighted by Crippen LogP contribution is -2.38. The smallest absolute Gasteiger partial charge is 0.244 e. The molecule has 15 heavy (non-hydrogen) atoms.